The molecule has 6 nitrogen and oxygen atoms in total. The highest BCUT2D eigenvalue weighted by Crippen LogP contribution is 2.11. The van der Waals surface area contributed by atoms with E-state index in [0.717, 1.165) is 12.4 Å². The minimum Gasteiger partial charge on any atom is -0.383 e. The zero-order valence-corrected chi connectivity index (χ0v) is 9.77. The first kappa shape index (κ1) is 12.1. The molecule has 1 aromatic rings. The van der Waals surface area contributed by atoms with E-state index in [0.29, 0.717) is 6.61 Å². The molecule has 1 heterocycles. The lowest BCUT2D eigenvalue weighted by Crippen LogP contribution is -2.26. The van der Waals surface area contributed by atoms with Crippen molar-refractivity contribution in [2.24, 2.45) is 0 Å². The van der Waals surface area contributed by atoms with Gasteiger partial charge in [0.1, 0.15) is 0 Å². The van der Waals surface area contributed by atoms with Gasteiger partial charge in [0.25, 0.3) is 0 Å². The molecule has 1 aromatic heterocycles. The van der Waals surface area contributed by atoms with Gasteiger partial charge in [-0.25, -0.2) is 4.68 Å². The van der Waals surface area contributed by atoms with Gasteiger partial charge in [-0.1, -0.05) is 0 Å². The van der Waals surface area contributed by atoms with Crippen LogP contribution in [-0.2, 0) is 4.74 Å². The first-order valence-electron chi connectivity index (χ1n) is 5.17. The van der Waals surface area contributed by atoms with Crippen molar-refractivity contribution in [3.05, 3.63) is 5.82 Å². The molecule has 0 radical (unpaired) electrons. The smallest absolute Gasteiger partial charge is 0.168 e. The fraction of sp³-hybridized carbons (Fsp3) is 0.889. The van der Waals surface area contributed by atoms with E-state index < -0.39 is 0 Å². The van der Waals surface area contributed by atoms with Crippen molar-refractivity contribution in [3.63, 3.8) is 0 Å². The van der Waals surface area contributed by atoms with Crippen molar-refractivity contribution in [1.29, 1.82) is 0 Å². The summed E-state index contributed by atoms with van der Waals surface area (Å²) in [7, 11) is 1.69. The monoisotopic (exact) mass is 213 g/mol. The summed E-state index contributed by atoms with van der Waals surface area (Å²) in [5.74, 6) is 0.862. The summed E-state index contributed by atoms with van der Waals surface area (Å²) in [6.45, 7) is 7.64. The topological polar surface area (TPSA) is 64.9 Å². The van der Waals surface area contributed by atoms with E-state index in [9.17, 15) is 0 Å². The Bertz CT molecular complexity index is 286. The van der Waals surface area contributed by atoms with Gasteiger partial charge in [0.05, 0.1) is 18.7 Å². The Morgan fingerprint density at radius 2 is 2.13 bits per heavy atom. The van der Waals surface area contributed by atoms with Crippen LogP contribution >= 0.6 is 0 Å². The molecule has 0 spiro atoms. The maximum absolute atomic E-state index is 4.97. The average molecular weight is 213 g/mol. The van der Waals surface area contributed by atoms with E-state index in [-0.39, 0.29) is 12.1 Å². The van der Waals surface area contributed by atoms with Crippen LogP contribution in [0, 0.1) is 0 Å². The largest absolute Gasteiger partial charge is 0.383 e. The van der Waals surface area contributed by atoms with Crippen LogP contribution in [-0.4, -0.2) is 40.5 Å². The molecule has 0 aliphatic rings. The molecule has 86 valence electrons. The van der Waals surface area contributed by atoms with E-state index >= 15 is 0 Å². The molecule has 0 fully saturated rings. The van der Waals surface area contributed by atoms with Gasteiger partial charge in [0.2, 0.25) is 0 Å². The van der Waals surface area contributed by atoms with Crippen LogP contribution in [0.4, 0.5) is 0 Å². The van der Waals surface area contributed by atoms with Crippen LogP contribution in [0.25, 0.3) is 0 Å². The molecule has 1 atom stereocenters. The second-order valence-electron chi connectivity index (χ2n) is 3.74. The van der Waals surface area contributed by atoms with Crippen molar-refractivity contribution in [2.75, 3.05) is 20.3 Å². The number of aromatic nitrogens is 4. The fourth-order valence-corrected chi connectivity index (χ4v) is 1.32. The van der Waals surface area contributed by atoms with Crippen LogP contribution < -0.4 is 5.32 Å². The standard InChI is InChI=1S/C9H19N5O/c1-7(2)14-9(11-12-13-14)8(3)10-5-6-15-4/h7-8,10H,5-6H2,1-4H3. The summed E-state index contributed by atoms with van der Waals surface area (Å²) < 4.78 is 6.79. The molecule has 1 rings (SSSR count). The molecule has 0 aromatic carbocycles. The Hall–Kier alpha value is -1.01. The van der Waals surface area contributed by atoms with Crippen molar-refractivity contribution in [1.82, 2.24) is 25.5 Å². The maximum Gasteiger partial charge on any atom is 0.168 e. The van der Waals surface area contributed by atoms with Crippen molar-refractivity contribution in [2.45, 2.75) is 32.9 Å². The van der Waals surface area contributed by atoms with E-state index in [1.165, 1.54) is 0 Å². The van der Waals surface area contributed by atoms with Gasteiger partial charge >= 0.3 is 0 Å². The van der Waals surface area contributed by atoms with Gasteiger partial charge < -0.3 is 10.1 Å². The van der Waals surface area contributed by atoms with Crippen LogP contribution in [0.2, 0.25) is 0 Å². The molecule has 1 N–H and O–H groups in total. The number of hydrogen-bond donors (Lipinski definition) is 1. The quantitative estimate of drug-likeness (QED) is 0.699. The summed E-state index contributed by atoms with van der Waals surface area (Å²) in [6.07, 6.45) is 0. The number of nitrogens with one attached hydrogen (secondary N) is 1. The normalized spacial score (nSPS) is 13.4. The van der Waals surface area contributed by atoms with Crippen molar-refractivity contribution in [3.8, 4) is 0 Å². The third-order valence-corrected chi connectivity index (χ3v) is 2.15. The molecule has 0 amide bonds. The maximum atomic E-state index is 4.97. The van der Waals surface area contributed by atoms with Crippen LogP contribution in [0.1, 0.15) is 38.7 Å². The van der Waals surface area contributed by atoms with Gasteiger partial charge in [0, 0.05) is 13.7 Å². The minimum absolute atomic E-state index is 0.137. The van der Waals surface area contributed by atoms with Crippen molar-refractivity contribution >= 4 is 0 Å². The Morgan fingerprint density at radius 3 is 2.73 bits per heavy atom. The SMILES string of the molecule is COCCNC(C)c1nnnn1C(C)C. The molecule has 15 heavy (non-hydrogen) atoms. The zero-order chi connectivity index (χ0) is 11.3. The second kappa shape index (κ2) is 5.77. The van der Waals surface area contributed by atoms with E-state index in [1.807, 2.05) is 11.6 Å². The highest BCUT2D eigenvalue weighted by molar-refractivity contribution is 4.90. The third-order valence-electron chi connectivity index (χ3n) is 2.15. The molecule has 0 bridgehead atoms. The Labute approximate surface area is 90.0 Å². The summed E-state index contributed by atoms with van der Waals surface area (Å²) >= 11 is 0. The number of rotatable bonds is 6. The fourth-order valence-electron chi connectivity index (χ4n) is 1.32. The lowest BCUT2D eigenvalue weighted by Gasteiger charge is -2.14. The predicted molar refractivity (Wildman–Crippen MR) is 56.5 cm³/mol. The highest BCUT2D eigenvalue weighted by atomic mass is 16.5. The number of ether oxygens (including phenoxy) is 1. The summed E-state index contributed by atoms with van der Waals surface area (Å²) in [5, 5.41) is 14.9. The van der Waals surface area contributed by atoms with Gasteiger partial charge in [-0.3, -0.25) is 0 Å². The van der Waals surface area contributed by atoms with E-state index in [4.69, 9.17) is 4.74 Å². The number of hydrogen-bond acceptors (Lipinski definition) is 5. The van der Waals surface area contributed by atoms with E-state index in [2.05, 4.69) is 34.7 Å². The van der Waals surface area contributed by atoms with E-state index in [1.54, 1.807) is 7.11 Å². The van der Waals surface area contributed by atoms with Gasteiger partial charge in [0.15, 0.2) is 5.82 Å². The predicted octanol–water partition coefficient (Wildman–Crippen LogP) is 0.551. The molecule has 1 unspecified atom stereocenters. The Morgan fingerprint density at radius 1 is 1.40 bits per heavy atom. The third kappa shape index (κ3) is 3.24. The first-order chi connectivity index (χ1) is 7.16. The lowest BCUT2D eigenvalue weighted by molar-refractivity contribution is 0.195. The minimum atomic E-state index is 0.137. The molecule has 0 saturated carbocycles. The van der Waals surface area contributed by atoms with Crippen molar-refractivity contribution < 1.29 is 4.74 Å². The van der Waals surface area contributed by atoms with Gasteiger partial charge in [-0.05, 0) is 31.2 Å². The second-order valence-corrected chi connectivity index (χ2v) is 3.74. The molecular formula is C9H19N5O. The summed E-state index contributed by atoms with van der Waals surface area (Å²) in [5.41, 5.74) is 0. The molecule has 0 aliphatic carbocycles. The Balaban J connectivity index is 2.56. The molecule has 0 saturated heterocycles. The Kier molecular flexibility index (Phi) is 4.64. The molecule has 0 aliphatic heterocycles. The lowest BCUT2D eigenvalue weighted by atomic mass is 10.3. The number of methoxy groups -OCH3 is 1. The van der Waals surface area contributed by atoms with Gasteiger partial charge in [-0.2, -0.15) is 0 Å². The van der Waals surface area contributed by atoms with Gasteiger partial charge in [-0.15, -0.1) is 5.10 Å². The summed E-state index contributed by atoms with van der Waals surface area (Å²) in [4.78, 5) is 0. The highest BCUT2D eigenvalue weighted by Gasteiger charge is 2.15. The number of nitrogens with zero attached hydrogens (tertiary/aromatic N) is 4. The summed E-state index contributed by atoms with van der Waals surface area (Å²) in [6, 6.07) is 0.416. The zero-order valence-electron chi connectivity index (χ0n) is 9.77. The number of tetrazole rings is 1. The molecular weight excluding hydrogens is 194 g/mol. The average Bonchev–Trinajstić information content (AvgIpc) is 2.66. The molecule has 6 heteroatoms. The van der Waals surface area contributed by atoms with Crippen LogP contribution in [0.3, 0.4) is 0 Å². The first-order valence-corrected chi connectivity index (χ1v) is 5.17. The van der Waals surface area contributed by atoms with Crippen LogP contribution in [0.15, 0.2) is 0 Å². The van der Waals surface area contributed by atoms with Crippen LogP contribution in [0.5, 0.6) is 0 Å².